The lowest BCUT2D eigenvalue weighted by atomic mass is 9.95. The number of fused-ring (bicyclic) bond motifs is 1. The van der Waals surface area contributed by atoms with Crippen molar-refractivity contribution in [2.45, 2.75) is 24.4 Å². The standard InChI is InChI=1S/C29H22FNO5S/c30-25-9-5-4-8-23(25)18-35-24-13-12-21-14-20(10-11-22(21)15-24)16-29(26(32)31-28(34)37-29)27(33)36-17-19-6-2-1-3-7-19/h1-15H,16-18H2,(H,31,32,34)/t29-/m0/s1. The first-order valence-electron chi connectivity index (χ1n) is 11.6. The summed E-state index contributed by atoms with van der Waals surface area (Å²) in [6, 6.07) is 26.5. The van der Waals surface area contributed by atoms with Crippen LogP contribution in [0.1, 0.15) is 16.7 Å². The van der Waals surface area contributed by atoms with Gasteiger partial charge in [-0.15, -0.1) is 0 Å². The molecule has 1 fully saturated rings. The van der Waals surface area contributed by atoms with Crippen LogP contribution in [0.3, 0.4) is 0 Å². The first kappa shape index (κ1) is 24.5. The highest BCUT2D eigenvalue weighted by Crippen LogP contribution is 2.37. The number of esters is 1. The topological polar surface area (TPSA) is 81.7 Å². The minimum absolute atomic E-state index is 0.00314. The zero-order valence-corrected chi connectivity index (χ0v) is 20.4. The van der Waals surface area contributed by atoms with Crippen LogP contribution in [0, 0.1) is 5.82 Å². The van der Waals surface area contributed by atoms with Gasteiger partial charge in [-0.2, -0.15) is 0 Å². The second kappa shape index (κ2) is 10.4. The van der Waals surface area contributed by atoms with Crippen molar-refractivity contribution in [2.75, 3.05) is 0 Å². The van der Waals surface area contributed by atoms with Gasteiger partial charge in [-0.1, -0.05) is 72.8 Å². The third-order valence-electron chi connectivity index (χ3n) is 6.07. The molecular weight excluding hydrogens is 493 g/mol. The van der Waals surface area contributed by atoms with Crippen LogP contribution in [0.2, 0.25) is 0 Å². The van der Waals surface area contributed by atoms with E-state index in [9.17, 15) is 18.8 Å². The van der Waals surface area contributed by atoms with Crippen LogP contribution in [-0.4, -0.2) is 21.9 Å². The van der Waals surface area contributed by atoms with Crippen LogP contribution in [0.15, 0.2) is 91.0 Å². The van der Waals surface area contributed by atoms with Gasteiger partial charge < -0.3 is 9.47 Å². The fourth-order valence-corrected chi connectivity index (χ4v) is 5.11. The van der Waals surface area contributed by atoms with Crippen LogP contribution in [0.5, 0.6) is 5.75 Å². The first-order valence-corrected chi connectivity index (χ1v) is 12.4. The number of halogens is 1. The molecule has 186 valence electrons. The van der Waals surface area contributed by atoms with E-state index in [2.05, 4.69) is 5.32 Å². The Balaban J connectivity index is 1.33. The number of rotatable bonds is 8. The van der Waals surface area contributed by atoms with E-state index < -0.39 is 21.9 Å². The van der Waals surface area contributed by atoms with Gasteiger partial charge in [-0.25, -0.2) is 9.18 Å². The molecular formula is C29H22FNO5S. The molecule has 0 spiro atoms. The molecule has 1 atom stereocenters. The molecule has 1 aliphatic rings. The minimum atomic E-state index is -1.71. The van der Waals surface area contributed by atoms with E-state index in [0.29, 0.717) is 28.6 Å². The Bertz CT molecular complexity index is 1490. The molecule has 0 saturated carbocycles. The lowest BCUT2D eigenvalue weighted by Gasteiger charge is -2.22. The zero-order chi connectivity index (χ0) is 25.8. The molecule has 5 rings (SSSR count). The van der Waals surface area contributed by atoms with Gasteiger partial charge in [0, 0.05) is 12.0 Å². The molecule has 1 heterocycles. The van der Waals surface area contributed by atoms with E-state index in [0.717, 1.165) is 16.3 Å². The third kappa shape index (κ3) is 5.34. The van der Waals surface area contributed by atoms with Crippen molar-refractivity contribution < 1.29 is 28.2 Å². The molecule has 0 aromatic heterocycles. The molecule has 0 aliphatic carbocycles. The quantitative estimate of drug-likeness (QED) is 0.244. The Kier molecular flexibility index (Phi) is 6.92. The van der Waals surface area contributed by atoms with E-state index in [-0.39, 0.29) is 25.5 Å². The monoisotopic (exact) mass is 515 g/mol. The van der Waals surface area contributed by atoms with Gasteiger partial charge in [0.15, 0.2) is 0 Å². The number of thioether (sulfide) groups is 1. The Labute approximate surface area is 216 Å². The number of hydrogen-bond acceptors (Lipinski definition) is 6. The van der Waals surface area contributed by atoms with Crippen molar-refractivity contribution in [1.82, 2.24) is 5.32 Å². The molecule has 1 N–H and O–H groups in total. The summed E-state index contributed by atoms with van der Waals surface area (Å²) < 4.78 is 23.4. The summed E-state index contributed by atoms with van der Waals surface area (Å²) in [4.78, 5) is 38.0. The Hall–Kier alpha value is -4.17. The molecule has 2 amide bonds. The minimum Gasteiger partial charge on any atom is -0.489 e. The molecule has 8 heteroatoms. The van der Waals surface area contributed by atoms with Gasteiger partial charge >= 0.3 is 5.97 Å². The summed E-state index contributed by atoms with van der Waals surface area (Å²) in [6.07, 6.45) is -0.00958. The van der Waals surface area contributed by atoms with Crippen molar-refractivity contribution in [3.8, 4) is 5.75 Å². The Morgan fingerprint density at radius 1 is 0.838 bits per heavy atom. The third-order valence-corrected chi connectivity index (χ3v) is 7.21. The highest BCUT2D eigenvalue weighted by molar-refractivity contribution is 8.16. The highest BCUT2D eigenvalue weighted by Gasteiger charge is 2.55. The van der Waals surface area contributed by atoms with Gasteiger partial charge in [0.1, 0.15) is 24.8 Å². The summed E-state index contributed by atoms with van der Waals surface area (Å²) >= 11 is 0.648. The number of carbonyl (C=O) groups excluding carboxylic acids is 3. The van der Waals surface area contributed by atoms with Crippen LogP contribution in [0.4, 0.5) is 9.18 Å². The molecule has 4 aromatic rings. The Morgan fingerprint density at radius 3 is 2.32 bits per heavy atom. The summed E-state index contributed by atoms with van der Waals surface area (Å²) in [7, 11) is 0. The fraction of sp³-hybridized carbons (Fsp3) is 0.138. The largest absolute Gasteiger partial charge is 0.489 e. The maximum atomic E-state index is 13.9. The SMILES string of the molecule is O=C1NC(=O)[C@@](Cc2ccc3cc(OCc4ccccc4F)ccc3c2)(C(=O)OCc2ccccc2)S1. The van der Waals surface area contributed by atoms with Gasteiger partial charge in [-0.3, -0.25) is 14.9 Å². The predicted molar refractivity (Wildman–Crippen MR) is 138 cm³/mol. The lowest BCUT2D eigenvalue weighted by Crippen LogP contribution is -2.46. The van der Waals surface area contributed by atoms with E-state index in [1.165, 1.54) is 6.07 Å². The molecule has 0 radical (unpaired) electrons. The summed E-state index contributed by atoms with van der Waals surface area (Å²) in [5.41, 5.74) is 1.94. The predicted octanol–water partition coefficient (Wildman–Crippen LogP) is 5.57. The molecule has 6 nitrogen and oxygen atoms in total. The maximum absolute atomic E-state index is 13.9. The number of nitrogens with one attached hydrogen (secondary N) is 1. The van der Waals surface area contributed by atoms with Crippen LogP contribution < -0.4 is 10.1 Å². The lowest BCUT2D eigenvalue weighted by molar-refractivity contribution is -0.150. The number of hydrogen-bond donors (Lipinski definition) is 1. The average Bonchev–Trinajstić information content (AvgIpc) is 3.20. The molecule has 4 aromatic carbocycles. The molecule has 0 unspecified atom stereocenters. The second-order valence-electron chi connectivity index (χ2n) is 8.63. The number of amides is 2. The number of imide groups is 1. The first-order chi connectivity index (χ1) is 17.9. The van der Waals surface area contributed by atoms with E-state index in [4.69, 9.17) is 9.47 Å². The van der Waals surface area contributed by atoms with E-state index in [1.54, 1.807) is 30.3 Å². The van der Waals surface area contributed by atoms with Gasteiger partial charge in [0.25, 0.3) is 11.1 Å². The Morgan fingerprint density at radius 2 is 1.57 bits per heavy atom. The number of benzene rings is 4. The molecule has 37 heavy (non-hydrogen) atoms. The fourth-order valence-electron chi connectivity index (χ4n) is 4.12. The van der Waals surface area contributed by atoms with Crippen LogP contribution in [0.25, 0.3) is 10.8 Å². The molecule has 0 bridgehead atoms. The van der Waals surface area contributed by atoms with Crippen LogP contribution in [-0.2, 0) is 34.0 Å². The van der Waals surface area contributed by atoms with Gasteiger partial charge in [0.2, 0.25) is 4.75 Å². The van der Waals surface area contributed by atoms with Crippen LogP contribution >= 0.6 is 11.8 Å². The molecule has 1 saturated heterocycles. The maximum Gasteiger partial charge on any atom is 0.333 e. The van der Waals surface area contributed by atoms with Crippen molar-refractivity contribution in [3.05, 3.63) is 114 Å². The number of ether oxygens (including phenoxy) is 2. The normalized spacial score (nSPS) is 17.0. The summed E-state index contributed by atoms with van der Waals surface area (Å²) in [5.74, 6) is -1.18. The highest BCUT2D eigenvalue weighted by atomic mass is 32.2. The van der Waals surface area contributed by atoms with E-state index >= 15 is 0 Å². The van der Waals surface area contributed by atoms with Gasteiger partial charge in [0.05, 0.1) is 0 Å². The second-order valence-corrected chi connectivity index (χ2v) is 9.90. The smallest absolute Gasteiger partial charge is 0.333 e. The van der Waals surface area contributed by atoms with Gasteiger partial charge in [-0.05, 0) is 51.9 Å². The van der Waals surface area contributed by atoms with Crippen molar-refractivity contribution in [1.29, 1.82) is 0 Å². The summed E-state index contributed by atoms with van der Waals surface area (Å²) in [6.45, 7) is 0.0983. The molecule has 1 aliphatic heterocycles. The van der Waals surface area contributed by atoms with Crippen molar-refractivity contribution in [3.63, 3.8) is 0 Å². The number of carbonyl (C=O) groups is 3. The zero-order valence-electron chi connectivity index (χ0n) is 19.6. The van der Waals surface area contributed by atoms with Crippen molar-refractivity contribution >= 4 is 39.7 Å². The summed E-state index contributed by atoms with van der Waals surface area (Å²) in [5, 5.41) is 3.37. The van der Waals surface area contributed by atoms with Crippen molar-refractivity contribution in [2.24, 2.45) is 0 Å². The van der Waals surface area contributed by atoms with E-state index in [1.807, 2.05) is 54.6 Å². The average molecular weight is 516 g/mol.